The molecule has 0 bridgehead atoms. The fraction of sp³-hybridized carbons (Fsp3) is 0.538. The molecule has 1 saturated carbocycles. The molecule has 1 heterocycles. The smallest absolute Gasteiger partial charge is 0.0562 e. The van der Waals surface area contributed by atoms with E-state index in [9.17, 15) is 4.21 Å². The first-order valence-corrected chi connectivity index (χ1v) is 7.22. The number of fused-ring (bicyclic) bond motifs is 1. The Balaban J connectivity index is 1.95. The lowest BCUT2D eigenvalue weighted by Crippen LogP contribution is -2.32. The van der Waals surface area contributed by atoms with Crippen molar-refractivity contribution in [3.05, 3.63) is 29.8 Å². The first-order chi connectivity index (χ1) is 7.75. The van der Waals surface area contributed by atoms with Gasteiger partial charge in [0.25, 0.3) is 0 Å². The minimum Gasteiger partial charge on any atom is -0.307 e. The standard InChI is InChI=1S/C13H17NOS/c1-9-8-12(14-10-6-7-10)11-4-2-3-5-13(11)16(9)15/h2-5,9-10,12,14H,6-8H2,1H3. The van der Waals surface area contributed by atoms with Crippen LogP contribution in [0.5, 0.6) is 0 Å². The summed E-state index contributed by atoms with van der Waals surface area (Å²) in [5, 5.41) is 3.94. The molecule has 16 heavy (non-hydrogen) atoms. The highest BCUT2D eigenvalue weighted by Crippen LogP contribution is 2.35. The Bertz CT molecular complexity index is 428. The van der Waals surface area contributed by atoms with Gasteiger partial charge in [0.15, 0.2) is 0 Å². The van der Waals surface area contributed by atoms with Gasteiger partial charge in [-0.2, -0.15) is 0 Å². The second kappa shape index (κ2) is 3.97. The summed E-state index contributed by atoms with van der Waals surface area (Å²) in [7, 11) is -0.815. The van der Waals surface area contributed by atoms with Gasteiger partial charge >= 0.3 is 0 Å². The second-order valence-electron chi connectivity index (χ2n) is 4.88. The fourth-order valence-electron chi connectivity index (χ4n) is 2.41. The van der Waals surface area contributed by atoms with Crippen molar-refractivity contribution >= 4 is 10.8 Å². The van der Waals surface area contributed by atoms with Crippen LogP contribution in [0.2, 0.25) is 0 Å². The summed E-state index contributed by atoms with van der Waals surface area (Å²) in [5.74, 6) is 0. The highest BCUT2D eigenvalue weighted by atomic mass is 32.2. The topological polar surface area (TPSA) is 29.1 Å². The van der Waals surface area contributed by atoms with Crippen molar-refractivity contribution in [2.45, 2.75) is 48.4 Å². The van der Waals surface area contributed by atoms with E-state index in [0.717, 1.165) is 11.3 Å². The molecule has 1 aliphatic carbocycles. The van der Waals surface area contributed by atoms with Crippen LogP contribution in [0, 0.1) is 0 Å². The third-order valence-corrected chi connectivity index (χ3v) is 5.19. The number of hydrogen-bond acceptors (Lipinski definition) is 2. The average Bonchev–Trinajstić information content (AvgIpc) is 3.10. The van der Waals surface area contributed by atoms with Crippen LogP contribution in [-0.2, 0) is 10.8 Å². The van der Waals surface area contributed by atoms with Crippen molar-refractivity contribution in [2.24, 2.45) is 0 Å². The Hall–Kier alpha value is -0.670. The molecule has 3 atom stereocenters. The van der Waals surface area contributed by atoms with Crippen molar-refractivity contribution in [2.75, 3.05) is 0 Å². The fourth-order valence-corrected chi connectivity index (χ4v) is 3.86. The first-order valence-electron chi connectivity index (χ1n) is 6.01. The summed E-state index contributed by atoms with van der Waals surface area (Å²) in [4.78, 5) is 1.04. The summed E-state index contributed by atoms with van der Waals surface area (Å²) in [5.41, 5.74) is 1.26. The Labute approximate surface area is 98.9 Å². The Morgan fingerprint density at radius 2 is 2.06 bits per heavy atom. The van der Waals surface area contributed by atoms with Crippen molar-refractivity contribution in [1.82, 2.24) is 5.32 Å². The van der Waals surface area contributed by atoms with Crippen LogP contribution in [0.3, 0.4) is 0 Å². The summed E-state index contributed by atoms with van der Waals surface area (Å²) < 4.78 is 12.1. The van der Waals surface area contributed by atoms with Crippen LogP contribution in [-0.4, -0.2) is 15.5 Å². The SMILES string of the molecule is CC1CC(NC2CC2)c2ccccc2S1=O. The van der Waals surface area contributed by atoms with E-state index in [0.29, 0.717) is 12.1 Å². The minimum atomic E-state index is -0.815. The van der Waals surface area contributed by atoms with Crippen molar-refractivity contribution in [3.63, 3.8) is 0 Å². The van der Waals surface area contributed by atoms with E-state index in [2.05, 4.69) is 18.3 Å². The van der Waals surface area contributed by atoms with Gasteiger partial charge in [0.05, 0.1) is 10.8 Å². The van der Waals surface area contributed by atoms with Crippen molar-refractivity contribution in [3.8, 4) is 0 Å². The molecule has 0 amide bonds. The molecule has 2 aliphatic rings. The van der Waals surface area contributed by atoms with Crippen LogP contribution >= 0.6 is 0 Å². The van der Waals surface area contributed by atoms with E-state index in [1.807, 2.05) is 18.2 Å². The zero-order valence-electron chi connectivity index (χ0n) is 9.48. The van der Waals surface area contributed by atoms with E-state index in [1.165, 1.54) is 18.4 Å². The summed E-state index contributed by atoms with van der Waals surface area (Å²) >= 11 is 0. The highest BCUT2D eigenvalue weighted by molar-refractivity contribution is 7.85. The molecular formula is C13H17NOS. The zero-order chi connectivity index (χ0) is 11.1. The van der Waals surface area contributed by atoms with Gasteiger partial charge in [-0.3, -0.25) is 4.21 Å². The quantitative estimate of drug-likeness (QED) is 0.852. The minimum absolute atomic E-state index is 0.270. The van der Waals surface area contributed by atoms with Gasteiger partial charge in [0.2, 0.25) is 0 Å². The van der Waals surface area contributed by atoms with Crippen LogP contribution < -0.4 is 5.32 Å². The Morgan fingerprint density at radius 3 is 2.81 bits per heavy atom. The lowest BCUT2D eigenvalue weighted by atomic mass is 10.0. The molecule has 1 aromatic rings. The van der Waals surface area contributed by atoms with Gasteiger partial charge < -0.3 is 5.32 Å². The van der Waals surface area contributed by atoms with E-state index >= 15 is 0 Å². The van der Waals surface area contributed by atoms with Crippen molar-refractivity contribution < 1.29 is 4.21 Å². The zero-order valence-corrected chi connectivity index (χ0v) is 10.3. The summed E-state index contributed by atoms with van der Waals surface area (Å²) in [6, 6.07) is 9.30. The molecular weight excluding hydrogens is 218 g/mol. The maximum Gasteiger partial charge on any atom is 0.0562 e. The van der Waals surface area contributed by atoms with E-state index < -0.39 is 10.8 Å². The van der Waals surface area contributed by atoms with Gasteiger partial charge in [-0.05, 0) is 30.9 Å². The number of rotatable bonds is 2. The molecule has 3 rings (SSSR count). The van der Waals surface area contributed by atoms with Crippen LogP contribution in [0.1, 0.15) is 37.8 Å². The molecule has 3 heteroatoms. The van der Waals surface area contributed by atoms with Crippen LogP contribution in [0.4, 0.5) is 0 Å². The normalized spacial score (nSPS) is 33.4. The highest BCUT2D eigenvalue weighted by Gasteiger charge is 2.33. The lowest BCUT2D eigenvalue weighted by Gasteiger charge is -2.29. The molecule has 0 radical (unpaired) electrons. The largest absolute Gasteiger partial charge is 0.307 e. The monoisotopic (exact) mass is 235 g/mol. The van der Waals surface area contributed by atoms with E-state index in [1.54, 1.807) is 0 Å². The lowest BCUT2D eigenvalue weighted by molar-refractivity contribution is 0.475. The number of benzene rings is 1. The molecule has 3 unspecified atom stereocenters. The molecule has 1 aliphatic heterocycles. The predicted octanol–water partition coefficient (Wildman–Crippen LogP) is 2.38. The molecule has 2 nitrogen and oxygen atoms in total. The van der Waals surface area contributed by atoms with E-state index in [4.69, 9.17) is 0 Å². The molecule has 1 N–H and O–H groups in total. The molecule has 1 aromatic carbocycles. The summed E-state index contributed by atoms with van der Waals surface area (Å²) in [6.45, 7) is 2.09. The Morgan fingerprint density at radius 1 is 1.31 bits per heavy atom. The molecule has 0 aromatic heterocycles. The van der Waals surface area contributed by atoms with Crippen molar-refractivity contribution in [1.29, 1.82) is 0 Å². The first kappa shape index (κ1) is 10.5. The van der Waals surface area contributed by atoms with Gasteiger partial charge in [-0.15, -0.1) is 0 Å². The van der Waals surface area contributed by atoms with Gasteiger partial charge in [-0.25, -0.2) is 0 Å². The molecule has 0 spiro atoms. The number of nitrogens with one attached hydrogen (secondary N) is 1. The molecule has 0 saturated heterocycles. The number of hydrogen-bond donors (Lipinski definition) is 1. The molecule has 86 valence electrons. The maximum absolute atomic E-state index is 12.1. The molecule has 1 fully saturated rings. The van der Waals surface area contributed by atoms with E-state index in [-0.39, 0.29) is 5.25 Å². The second-order valence-corrected chi connectivity index (χ2v) is 6.71. The third kappa shape index (κ3) is 1.82. The van der Waals surface area contributed by atoms with Gasteiger partial charge in [-0.1, -0.05) is 25.1 Å². The third-order valence-electron chi connectivity index (χ3n) is 3.46. The Kier molecular flexibility index (Phi) is 2.60. The average molecular weight is 235 g/mol. The summed E-state index contributed by atoms with van der Waals surface area (Å²) in [6.07, 6.45) is 3.60. The maximum atomic E-state index is 12.1. The van der Waals surface area contributed by atoms with Gasteiger partial charge in [0.1, 0.15) is 0 Å². The van der Waals surface area contributed by atoms with Crippen LogP contribution in [0.15, 0.2) is 29.2 Å². The van der Waals surface area contributed by atoms with Crippen LogP contribution in [0.25, 0.3) is 0 Å². The predicted molar refractivity (Wildman–Crippen MR) is 65.8 cm³/mol. The van der Waals surface area contributed by atoms with Gasteiger partial charge in [0, 0.05) is 22.2 Å².